The molecule has 2 N–H and O–H groups in total. The van der Waals surface area contributed by atoms with Crippen molar-refractivity contribution < 1.29 is 9.53 Å². The number of nitrogens with one attached hydrogen (secondary N) is 2. The predicted molar refractivity (Wildman–Crippen MR) is 94.8 cm³/mol. The third-order valence-corrected chi connectivity index (χ3v) is 3.85. The molecule has 0 fully saturated rings. The third-order valence-electron chi connectivity index (χ3n) is 3.36. The van der Waals surface area contributed by atoms with Crippen LogP contribution in [-0.4, -0.2) is 28.2 Å². The zero-order valence-electron chi connectivity index (χ0n) is 12.9. The normalized spacial score (nSPS) is 10.4. The van der Waals surface area contributed by atoms with Crippen LogP contribution in [0.15, 0.2) is 53.0 Å². The summed E-state index contributed by atoms with van der Waals surface area (Å²) in [7, 11) is 1.60. The van der Waals surface area contributed by atoms with E-state index in [0.717, 1.165) is 21.3 Å². The zero-order valence-corrected chi connectivity index (χ0v) is 14.5. The molecule has 122 valence electrons. The molecule has 0 saturated heterocycles. The lowest BCUT2D eigenvalue weighted by molar-refractivity contribution is -0.115. The highest BCUT2D eigenvalue weighted by Crippen LogP contribution is 2.20. The van der Waals surface area contributed by atoms with Gasteiger partial charge in [-0.2, -0.15) is 4.98 Å². The third kappa shape index (κ3) is 3.99. The number of carbonyl (C=O) groups excluding carboxylic acids is 1. The van der Waals surface area contributed by atoms with Crippen molar-refractivity contribution in [3.05, 3.63) is 58.6 Å². The highest BCUT2D eigenvalue weighted by molar-refractivity contribution is 9.10. The predicted octanol–water partition coefficient (Wildman–Crippen LogP) is 3.42. The maximum absolute atomic E-state index is 12.1. The Kier molecular flexibility index (Phi) is 4.90. The number of hydrogen-bond donors (Lipinski definition) is 2. The summed E-state index contributed by atoms with van der Waals surface area (Å²) in [6.45, 7) is 0. The lowest BCUT2D eigenvalue weighted by Gasteiger charge is -2.03. The van der Waals surface area contributed by atoms with Gasteiger partial charge in [0.2, 0.25) is 11.9 Å². The quantitative estimate of drug-likeness (QED) is 0.703. The first kappa shape index (κ1) is 16.2. The first-order chi connectivity index (χ1) is 11.6. The molecule has 0 aliphatic rings. The molecule has 0 radical (unpaired) electrons. The molecular weight excluding hydrogens is 372 g/mol. The Labute approximate surface area is 147 Å². The summed E-state index contributed by atoms with van der Waals surface area (Å²) in [5.41, 5.74) is 1.77. The molecule has 0 bridgehead atoms. The lowest BCUT2D eigenvalue weighted by atomic mass is 10.1. The van der Waals surface area contributed by atoms with Gasteiger partial charge in [-0.15, -0.1) is 5.10 Å². The van der Waals surface area contributed by atoms with Crippen LogP contribution in [0.2, 0.25) is 0 Å². The molecule has 0 atom stereocenters. The van der Waals surface area contributed by atoms with Crippen molar-refractivity contribution >= 4 is 27.8 Å². The van der Waals surface area contributed by atoms with E-state index in [9.17, 15) is 4.79 Å². The van der Waals surface area contributed by atoms with E-state index in [4.69, 9.17) is 4.74 Å². The van der Waals surface area contributed by atoms with Crippen LogP contribution in [0, 0.1) is 0 Å². The van der Waals surface area contributed by atoms with Gasteiger partial charge in [0.05, 0.1) is 13.5 Å². The second kappa shape index (κ2) is 7.27. The molecule has 1 amide bonds. The molecule has 7 heteroatoms. The van der Waals surface area contributed by atoms with E-state index >= 15 is 0 Å². The molecule has 3 aromatic rings. The zero-order chi connectivity index (χ0) is 16.9. The molecule has 0 spiro atoms. The van der Waals surface area contributed by atoms with E-state index in [-0.39, 0.29) is 18.3 Å². The van der Waals surface area contributed by atoms with E-state index in [1.807, 2.05) is 48.5 Å². The van der Waals surface area contributed by atoms with E-state index in [1.165, 1.54) is 0 Å². The number of aromatic amines is 1. The number of anilines is 1. The van der Waals surface area contributed by atoms with Crippen LogP contribution in [-0.2, 0) is 11.2 Å². The van der Waals surface area contributed by atoms with E-state index in [2.05, 4.69) is 36.4 Å². The fourth-order valence-electron chi connectivity index (χ4n) is 2.18. The Morgan fingerprint density at radius 3 is 2.75 bits per heavy atom. The number of nitrogens with zero attached hydrogens (tertiary/aromatic N) is 2. The minimum Gasteiger partial charge on any atom is -0.497 e. The number of methoxy groups -OCH3 is 1. The number of aromatic nitrogens is 3. The summed E-state index contributed by atoms with van der Waals surface area (Å²) in [5, 5.41) is 9.54. The van der Waals surface area contributed by atoms with Crippen LogP contribution >= 0.6 is 15.9 Å². The number of halogens is 1. The van der Waals surface area contributed by atoms with Gasteiger partial charge in [0, 0.05) is 10.0 Å². The standard InChI is InChI=1S/C17H15BrN4O2/c1-24-14-7-5-11(6-8-14)9-15(23)19-17-20-16(21-22-17)12-3-2-4-13(18)10-12/h2-8,10H,9H2,1H3,(H2,19,20,21,22,23). The molecule has 0 unspecified atom stereocenters. The Morgan fingerprint density at radius 2 is 2.04 bits per heavy atom. The highest BCUT2D eigenvalue weighted by Gasteiger charge is 2.10. The van der Waals surface area contributed by atoms with Gasteiger partial charge in [0.25, 0.3) is 0 Å². The maximum atomic E-state index is 12.1. The van der Waals surface area contributed by atoms with Crippen molar-refractivity contribution in [3.8, 4) is 17.1 Å². The van der Waals surface area contributed by atoms with Gasteiger partial charge in [0.15, 0.2) is 5.82 Å². The van der Waals surface area contributed by atoms with Gasteiger partial charge in [-0.05, 0) is 29.8 Å². The highest BCUT2D eigenvalue weighted by atomic mass is 79.9. The van der Waals surface area contributed by atoms with Crippen LogP contribution in [0.4, 0.5) is 5.95 Å². The number of hydrogen-bond acceptors (Lipinski definition) is 4. The van der Waals surface area contributed by atoms with Gasteiger partial charge >= 0.3 is 0 Å². The summed E-state index contributed by atoms with van der Waals surface area (Å²) in [4.78, 5) is 16.4. The van der Waals surface area contributed by atoms with Crippen molar-refractivity contribution in [2.45, 2.75) is 6.42 Å². The lowest BCUT2D eigenvalue weighted by Crippen LogP contribution is -2.15. The summed E-state index contributed by atoms with van der Waals surface area (Å²) in [6.07, 6.45) is 0.241. The minimum atomic E-state index is -0.181. The number of carbonyl (C=O) groups is 1. The topological polar surface area (TPSA) is 79.9 Å². The Bertz CT molecular complexity index is 846. The Morgan fingerprint density at radius 1 is 1.25 bits per heavy atom. The molecule has 2 aromatic carbocycles. The first-order valence-corrected chi connectivity index (χ1v) is 8.04. The maximum Gasteiger partial charge on any atom is 0.249 e. The van der Waals surface area contributed by atoms with Crippen LogP contribution < -0.4 is 10.1 Å². The van der Waals surface area contributed by atoms with Gasteiger partial charge in [0.1, 0.15) is 5.75 Å². The molecular formula is C17H15BrN4O2. The van der Waals surface area contributed by atoms with E-state index in [0.29, 0.717) is 5.82 Å². The Balaban J connectivity index is 1.64. The van der Waals surface area contributed by atoms with Crippen LogP contribution in [0.1, 0.15) is 5.56 Å². The molecule has 0 saturated carbocycles. The molecule has 0 aliphatic heterocycles. The number of benzene rings is 2. The molecule has 0 aliphatic carbocycles. The van der Waals surface area contributed by atoms with Crippen molar-refractivity contribution in [2.75, 3.05) is 12.4 Å². The van der Waals surface area contributed by atoms with E-state index in [1.54, 1.807) is 7.11 Å². The smallest absolute Gasteiger partial charge is 0.249 e. The number of rotatable bonds is 5. The van der Waals surface area contributed by atoms with Gasteiger partial charge < -0.3 is 4.74 Å². The first-order valence-electron chi connectivity index (χ1n) is 7.25. The largest absolute Gasteiger partial charge is 0.497 e. The van der Waals surface area contributed by atoms with Gasteiger partial charge in [-0.3, -0.25) is 15.2 Å². The summed E-state index contributed by atoms with van der Waals surface area (Å²) in [5.74, 6) is 1.42. The van der Waals surface area contributed by atoms with Gasteiger partial charge in [-0.25, -0.2) is 0 Å². The monoisotopic (exact) mass is 386 g/mol. The van der Waals surface area contributed by atoms with Crippen LogP contribution in [0.25, 0.3) is 11.4 Å². The SMILES string of the molecule is COc1ccc(CC(=O)Nc2n[nH]c(-c3cccc(Br)c3)n2)cc1. The van der Waals surface area contributed by atoms with Crippen molar-refractivity contribution in [3.63, 3.8) is 0 Å². The summed E-state index contributed by atoms with van der Waals surface area (Å²) >= 11 is 3.41. The van der Waals surface area contributed by atoms with Crippen molar-refractivity contribution in [1.29, 1.82) is 0 Å². The molecule has 1 aromatic heterocycles. The number of amides is 1. The number of ether oxygens (including phenoxy) is 1. The molecule has 6 nitrogen and oxygen atoms in total. The van der Waals surface area contributed by atoms with Crippen molar-refractivity contribution in [1.82, 2.24) is 15.2 Å². The van der Waals surface area contributed by atoms with Crippen molar-refractivity contribution in [2.24, 2.45) is 0 Å². The van der Waals surface area contributed by atoms with Gasteiger partial charge in [-0.1, -0.05) is 40.2 Å². The molecule has 24 heavy (non-hydrogen) atoms. The summed E-state index contributed by atoms with van der Waals surface area (Å²) in [6, 6.07) is 15.0. The minimum absolute atomic E-state index is 0.181. The second-order valence-corrected chi connectivity index (χ2v) is 6.01. The Hall–Kier alpha value is -2.67. The second-order valence-electron chi connectivity index (χ2n) is 5.09. The van der Waals surface area contributed by atoms with Crippen LogP contribution in [0.5, 0.6) is 5.75 Å². The van der Waals surface area contributed by atoms with Crippen LogP contribution in [0.3, 0.4) is 0 Å². The average Bonchev–Trinajstić information content (AvgIpc) is 3.04. The van der Waals surface area contributed by atoms with E-state index < -0.39 is 0 Å². The number of H-pyrrole nitrogens is 1. The molecule has 3 rings (SSSR count). The summed E-state index contributed by atoms with van der Waals surface area (Å²) < 4.78 is 6.04. The molecule has 1 heterocycles. The fourth-order valence-corrected chi connectivity index (χ4v) is 2.58. The fraction of sp³-hybridized carbons (Fsp3) is 0.118. The average molecular weight is 387 g/mol.